The molecule has 3 rings (SSSR count). The maximum absolute atomic E-state index is 13.0. The molecule has 0 saturated heterocycles. The molecule has 1 fully saturated rings. The summed E-state index contributed by atoms with van der Waals surface area (Å²) in [5, 5.41) is 3.13. The molecule has 1 saturated carbocycles. The zero-order valence-electron chi connectivity index (χ0n) is 17.3. The first-order valence-corrected chi connectivity index (χ1v) is 9.87. The van der Waals surface area contributed by atoms with Crippen LogP contribution in [0.5, 0.6) is 0 Å². The highest BCUT2D eigenvalue weighted by Gasteiger charge is 2.51. The molecule has 0 heterocycles. The molecule has 3 nitrogen and oxygen atoms in total. The van der Waals surface area contributed by atoms with E-state index in [-0.39, 0.29) is 16.7 Å². The van der Waals surface area contributed by atoms with Crippen molar-refractivity contribution in [3.05, 3.63) is 65.2 Å². The van der Waals surface area contributed by atoms with E-state index in [2.05, 4.69) is 81.5 Å². The number of rotatable bonds is 6. The van der Waals surface area contributed by atoms with Crippen LogP contribution in [0.25, 0.3) is 0 Å². The fraction of sp³-hybridized carbons (Fsp3) is 0.458. The maximum atomic E-state index is 13.0. The number of likely N-dealkylation sites (N-methyl/N-ethyl adjacent to an activating group) is 1. The second kappa shape index (κ2) is 7.47. The van der Waals surface area contributed by atoms with Crippen LogP contribution in [0, 0.1) is 0 Å². The number of benzene rings is 2. The van der Waals surface area contributed by atoms with Gasteiger partial charge in [-0.3, -0.25) is 4.79 Å². The highest BCUT2D eigenvalue weighted by Crippen LogP contribution is 2.49. The lowest BCUT2D eigenvalue weighted by atomic mass is 9.85. The first kappa shape index (κ1) is 19.6. The zero-order chi connectivity index (χ0) is 19.7. The van der Waals surface area contributed by atoms with E-state index in [0.29, 0.717) is 0 Å². The number of anilines is 1. The molecule has 0 unspecified atom stereocenters. The molecule has 1 amide bonds. The van der Waals surface area contributed by atoms with Gasteiger partial charge in [-0.1, -0.05) is 57.2 Å². The average Bonchev–Trinajstić information content (AvgIpc) is 3.42. The van der Waals surface area contributed by atoms with E-state index < -0.39 is 0 Å². The predicted molar refractivity (Wildman–Crippen MR) is 113 cm³/mol. The summed E-state index contributed by atoms with van der Waals surface area (Å²) < 4.78 is 0. The Morgan fingerprint density at radius 2 is 1.59 bits per heavy atom. The van der Waals surface area contributed by atoms with Gasteiger partial charge >= 0.3 is 0 Å². The van der Waals surface area contributed by atoms with Crippen LogP contribution in [0.4, 0.5) is 5.69 Å². The Kier molecular flexibility index (Phi) is 5.43. The lowest BCUT2D eigenvalue weighted by Gasteiger charge is -2.21. The van der Waals surface area contributed by atoms with Crippen molar-refractivity contribution in [1.82, 2.24) is 4.90 Å². The van der Waals surface area contributed by atoms with Gasteiger partial charge in [0.25, 0.3) is 0 Å². The van der Waals surface area contributed by atoms with Gasteiger partial charge in [0, 0.05) is 12.2 Å². The summed E-state index contributed by atoms with van der Waals surface area (Å²) >= 11 is 0. The Labute approximate surface area is 163 Å². The lowest BCUT2D eigenvalue weighted by molar-refractivity contribution is -0.118. The highest BCUT2D eigenvalue weighted by atomic mass is 16.2. The number of hydrogen-bond acceptors (Lipinski definition) is 2. The fourth-order valence-corrected chi connectivity index (χ4v) is 3.42. The first-order valence-electron chi connectivity index (χ1n) is 9.87. The monoisotopic (exact) mass is 364 g/mol. The Balaban J connectivity index is 1.67. The largest absolute Gasteiger partial charge is 0.325 e. The van der Waals surface area contributed by atoms with Crippen molar-refractivity contribution in [2.75, 3.05) is 26.0 Å². The van der Waals surface area contributed by atoms with Gasteiger partial charge in [-0.25, -0.2) is 0 Å². The SMILES string of the molecule is CN(C)CCc1ccc(NC(=O)C2(c3ccc(C(C)(C)C)cc3)CC2)cc1. The third kappa shape index (κ3) is 4.59. The first-order chi connectivity index (χ1) is 12.7. The van der Waals surface area contributed by atoms with Gasteiger partial charge in [0.2, 0.25) is 5.91 Å². The van der Waals surface area contributed by atoms with Crippen LogP contribution in [0.3, 0.4) is 0 Å². The van der Waals surface area contributed by atoms with Gasteiger partial charge in [-0.05, 0) is 67.6 Å². The summed E-state index contributed by atoms with van der Waals surface area (Å²) in [6.45, 7) is 7.66. The normalized spacial score (nSPS) is 15.6. The standard InChI is InChI=1S/C24H32N2O/c1-23(2,3)19-8-10-20(11-9-19)24(15-16-24)22(27)25-21-12-6-18(7-13-21)14-17-26(4)5/h6-13H,14-17H2,1-5H3,(H,25,27). The van der Waals surface area contributed by atoms with Crippen molar-refractivity contribution >= 4 is 11.6 Å². The summed E-state index contributed by atoms with van der Waals surface area (Å²) in [4.78, 5) is 15.1. The minimum Gasteiger partial charge on any atom is -0.325 e. The molecule has 2 aromatic rings. The molecule has 1 aliphatic rings. The van der Waals surface area contributed by atoms with Crippen molar-refractivity contribution in [1.29, 1.82) is 0 Å². The summed E-state index contributed by atoms with van der Waals surface area (Å²) in [5.74, 6) is 0.118. The number of nitrogens with zero attached hydrogens (tertiary/aromatic N) is 1. The average molecular weight is 365 g/mol. The lowest BCUT2D eigenvalue weighted by Crippen LogP contribution is -2.28. The van der Waals surface area contributed by atoms with E-state index in [9.17, 15) is 4.79 Å². The van der Waals surface area contributed by atoms with Gasteiger partial charge in [-0.15, -0.1) is 0 Å². The van der Waals surface area contributed by atoms with Crippen LogP contribution in [0.15, 0.2) is 48.5 Å². The molecule has 0 bridgehead atoms. The van der Waals surface area contributed by atoms with Crippen LogP contribution in [-0.2, 0) is 22.0 Å². The third-order valence-electron chi connectivity index (χ3n) is 5.55. The van der Waals surface area contributed by atoms with Crippen molar-refractivity contribution in [2.24, 2.45) is 0 Å². The Morgan fingerprint density at radius 1 is 1.00 bits per heavy atom. The van der Waals surface area contributed by atoms with E-state index in [4.69, 9.17) is 0 Å². The van der Waals surface area contributed by atoms with E-state index in [1.165, 1.54) is 11.1 Å². The van der Waals surface area contributed by atoms with Crippen LogP contribution in [0.2, 0.25) is 0 Å². The van der Waals surface area contributed by atoms with Gasteiger partial charge in [-0.2, -0.15) is 0 Å². The number of carbonyl (C=O) groups is 1. The number of hydrogen-bond donors (Lipinski definition) is 1. The van der Waals surface area contributed by atoms with Crippen LogP contribution < -0.4 is 5.32 Å². The molecule has 27 heavy (non-hydrogen) atoms. The Bertz CT molecular complexity index is 779. The molecule has 0 atom stereocenters. The summed E-state index contributed by atoms with van der Waals surface area (Å²) in [7, 11) is 4.16. The number of nitrogens with one attached hydrogen (secondary N) is 1. The van der Waals surface area contributed by atoms with Gasteiger partial charge in [0.15, 0.2) is 0 Å². The molecule has 1 N–H and O–H groups in total. The maximum Gasteiger partial charge on any atom is 0.235 e. The van der Waals surface area contributed by atoms with Crippen molar-refractivity contribution < 1.29 is 4.79 Å². The zero-order valence-corrected chi connectivity index (χ0v) is 17.3. The minimum absolute atomic E-state index is 0.118. The van der Waals surface area contributed by atoms with E-state index in [1.54, 1.807) is 0 Å². The quantitative estimate of drug-likeness (QED) is 0.801. The molecular weight excluding hydrogens is 332 g/mol. The van der Waals surface area contributed by atoms with Gasteiger partial charge < -0.3 is 10.2 Å². The minimum atomic E-state index is -0.347. The number of amides is 1. The van der Waals surface area contributed by atoms with Crippen LogP contribution >= 0.6 is 0 Å². The van der Waals surface area contributed by atoms with Gasteiger partial charge in [0.05, 0.1) is 5.41 Å². The van der Waals surface area contributed by atoms with Crippen molar-refractivity contribution in [2.45, 2.75) is 50.9 Å². The summed E-state index contributed by atoms with van der Waals surface area (Å²) in [5.41, 5.74) is 4.39. The smallest absolute Gasteiger partial charge is 0.235 e. The molecule has 0 aromatic heterocycles. The Morgan fingerprint density at radius 3 is 2.07 bits per heavy atom. The fourth-order valence-electron chi connectivity index (χ4n) is 3.42. The third-order valence-corrected chi connectivity index (χ3v) is 5.55. The highest BCUT2D eigenvalue weighted by molar-refractivity contribution is 6.01. The molecule has 0 spiro atoms. The Hall–Kier alpha value is -2.13. The van der Waals surface area contributed by atoms with E-state index in [0.717, 1.165) is 37.1 Å². The molecule has 2 aromatic carbocycles. The molecule has 0 aliphatic heterocycles. The second-order valence-corrected chi connectivity index (χ2v) is 9.11. The van der Waals surface area contributed by atoms with Crippen LogP contribution in [-0.4, -0.2) is 31.4 Å². The topological polar surface area (TPSA) is 32.3 Å². The number of carbonyl (C=O) groups excluding carboxylic acids is 1. The summed E-state index contributed by atoms with van der Waals surface area (Å²) in [6, 6.07) is 16.9. The second-order valence-electron chi connectivity index (χ2n) is 9.11. The summed E-state index contributed by atoms with van der Waals surface area (Å²) in [6.07, 6.45) is 2.87. The van der Waals surface area contributed by atoms with Crippen LogP contribution in [0.1, 0.15) is 50.3 Å². The van der Waals surface area contributed by atoms with Crippen molar-refractivity contribution in [3.63, 3.8) is 0 Å². The van der Waals surface area contributed by atoms with E-state index in [1.807, 2.05) is 12.1 Å². The van der Waals surface area contributed by atoms with Gasteiger partial charge in [0.1, 0.15) is 0 Å². The molecular formula is C24H32N2O. The molecule has 1 aliphatic carbocycles. The van der Waals surface area contributed by atoms with E-state index >= 15 is 0 Å². The molecule has 3 heteroatoms. The predicted octanol–water partition coefficient (Wildman–Crippen LogP) is 4.76. The molecule has 144 valence electrons. The van der Waals surface area contributed by atoms with Crippen molar-refractivity contribution in [3.8, 4) is 0 Å². The molecule has 0 radical (unpaired) electrons.